The van der Waals surface area contributed by atoms with E-state index < -0.39 is 18.0 Å². The monoisotopic (exact) mass is 293 g/mol. The maximum atomic E-state index is 12.1. The third kappa shape index (κ3) is 5.98. The molecule has 0 saturated carbocycles. The van der Waals surface area contributed by atoms with Crippen LogP contribution in [0.3, 0.4) is 0 Å². The van der Waals surface area contributed by atoms with Crippen molar-refractivity contribution in [2.75, 3.05) is 11.1 Å². The molecule has 0 aliphatic carbocycles. The fourth-order valence-corrected chi connectivity index (χ4v) is 2.27. The molecule has 0 unspecified atom stereocenters. The molecule has 1 atom stereocenters. The van der Waals surface area contributed by atoms with Crippen LogP contribution < -0.4 is 5.32 Å². The number of thioether (sulfide) groups is 1. The number of nitrogens with one attached hydrogen (secondary N) is 1. The molecule has 0 fully saturated rings. The van der Waals surface area contributed by atoms with Gasteiger partial charge in [0, 0.05) is 24.1 Å². The van der Waals surface area contributed by atoms with Gasteiger partial charge in [-0.05, 0) is 17.7 Å². The molecular weight excluding hydrogens is 279 g/mol. The number of benzene rings is 1. The van der Waals surface area contributed by atoms with E-state index in [0.717, 1.165) is 17.3 Å². The molecule has 3 nitrogen and oxygen atoms in total. The lowest BCUT2D eigenvalue weighted by Crippen LogP contribution is -2.30. The molecule has 0 bridgehead atoms. The van der Waals surface area contributed by atoms with Crippen LogP contribution >= 0.6 is 11.8 Å². The molecule has 1 amide bonds. The van der Waals surface area contributed by atoms with Crippen LogP contribution in [0, 0.1) is 0 Å². The molecule has 1 aromatic rings. The summed E-state index contributed by atoms with van der Waals surface area (Å²) in [4.78, 5) is 10.9. The van der Waals surface area contributed by atoms with Crippen molar-refractivity contribution < 1.29 is 23.1 Å². The van der Waals surface area contributed by atoms with Crippen molar-refractivity contribution >= 4 is 23.4 Å². The largest absolute Gasteiger partial charge is 0.415 e. The van der Waals surface area contributed by atoms with Crippen molar-refractivity contribution in [1.29, 1.82) is 0 Å². The smallest absolute Gasteiger partial charge is 0.383 e. The van der Waals surface area contributed by atoms with E-state index in [9.17, 15) is 18.0 Å². The maximum absolute atomic E-state index is 12.1. The zero-order valence-electron chi connectivity index (χ0n) is 10.2. The minimum atomic E-state index is -4.58. The molecule has 0 radical (unpaired) electrons. The third-order valence-corrected chi connectivity index (χ3v) is 3.26. The van der Waals surface area contributed by atoms with E-state index in [0.29, 0.717) is 11.4 Å². The fourth-order valence-electron chi connectivity index (χ4n) is 1.33. The Morgan fingerprint density at radius 3 is 2.74 bits per heavy atom. The lowest BCUT2D eigenvalue weighted by molar-refractivity contribution is -0.195. The van der Waals surface area contributed by atoms with Gasteiger partial charge in [0.25, 0.3) is 0 Å². The van der Waals surface area contributed by atoms with Crippen LogP contribution in [0.2, 0.25) is 0 Å². The van der Waals surface area contributed by atoms with Gasteiger partial charge in [-0.1, -0.05) is 12.1 Å². The number of aliphatic hydroxyl groups excluding tert-OH is 1. The standard InChI is InChI=1S/C12H14F3NO2S/c1-8(17)16-10-4-2-3-9(5-10)6-19-7-11(18)12(13,14)15/h2-5,11,18H,6-7H2,1H3,(H,16,17)/t11-/m1/s1. The minimum Gasteiger partial charge on any atom is -0.383 e. The Morgan fingerprint density at radius 1 is 1.47 bits per heavy atom. The number of hydrogen-bond acceptors (Lipinski definition) is 3. The summed E-state index contributed by atoms with van der Waals surface area (Å²) < 4.78 is 36.2. The number of carbonyl (C=O) groups excluding carboxylic acids is 1. The van der Waals surface area contributed by atoms with Crippen molar-refractivity contribution in [2.24, 2.45) is 0 Å². The zero-order valence-corrected chi connectivity index (χ0v) is 11.0. The maximum Gasteiger partial charge on any atom is 0.415 e. The minimum absolute atomic E-state index is 0.211. The van der Waals surface area contributed by atoms with Crippen LogP contribution in [0.5, 0.6) is 0 Å². The van der Waals surface area contributed by atoms with Gasteiger partial charge >= 0.3 is 6.18 Å². The van der Waals surface area contributed by atoms with Gasteiger partial charge in [-0.25, -0.2) is 0 Å². The number of amides is 1. The Hall–Kier alpha value is -1.21. The Kier molecular flexibility index (Phi) is 5.68. The number of anilines is 1. The van der Waals surface area contributed by atoms with Gasteiger partial charge in [0.2, 0.25) is 5.91 Å². The number of rotatable bonds is 5. The van der Waals surface area contributed by atoms with Crippen molar-refractivity contribution in [2.45, 2.75) is 25.0 Å². The van der Waals surface area contributed by atoms with E-state index >= 15 is 0 Å². The van der Waals surface area contributed by atoms with Gasteiger partial charge in [-0.2, -0.15) is 24.9 Å². The molecule has 2 N–H and O–H groups in total. The normalized spacial score (nSPS) is 13.1. The summed E-state index contributed by atoms with van der Waals surface area (Å²) in [7, 11) is 0. The molecule has 0 heterocycles. The van der Waals surface area contributed by atoms with Crippen molar-refractivity contribution in [3.05, 3.63) is 29.8 Å². The molecule has 0 aliphatic heterocycles. The second-order valence-corrected chi connectivity index (χ2v) is 4.98. The molecule has 0 aliphatic rings. The highest BCUT2D eigenvalue weighted by molar-refractivity contribution is 7.98. The Balaban J connectivity index is 2.47. The third-order valence-electron chi connectivity index (χ3n) is 2.17. The molecule has 1 rings (SSSR count). The van der Waals surface area contributed by atoms with Gasteiger partial charge in [-0.3, -0.25) is 4.79 Å². The van der Waals surface area contributed by atoms with Gasteiger partial charge < -0.3 is 10.4 Å². The fraction of sp³-hybridized carbons (Fsp3) is 0.417. The highest BCUT2D eigenvalue weighted by atomic mass is 32.2. The van der Waals surface area contributed by atoms with Crippen molar-refractivity contribution in [3.8, 4) is 0 Å². The molecule has 19 heavy (non-hydrogen) atoms. The molecule has 106 valence electrons. The van der Waals surface area contributed by atoms with Gasteiger partial charge in [0.1, 0.15) is 0 Å². The Morgan fingerprint density at radius 2 is 2.16 bits per heavy atom. The first kappa shape index (κ1) is 15.8. The second-order valence-electron chi connectivity index (χ2n) is 3.95. The van der Waals surface area contributed by atoms with Crippen LogP contribution in [-0.4, -0.2) is 29.0 Å². The van der Waals surface area contributed by atoms with E-state index in [-0.39, 0.29) is 5.91 Å². The predicted octanol–water partition coefficient (Wildman–Crippen LogP) is 2.80. The topological polar surface area (TPSA) is 49.3 Å². The average Bonchev–Trinajstić information content (AvgIpc) is 2.27. The number of halogens is 3. The number of carbonyl (C=O) groups is 1. The molecule has 0 spiro atoms. The van der Waals surface area contributed by atoms with E-state index in [1.165, 1.54) is 6.92 Å². The number of alkyl halides is 3. The lowest BCUT2D eigenvalue weighted by Gasteiger charge is -2.13. The zero-order chi connectivity index (χ0) is 14.5. The van der Waals surface area contributed by atoms with Crippen molar-refractivity contribution in [3.63, 3.8) is 0 Å². The van der Waals surface area contributed by atoms with Crippen LogP contribution in [0.4, 0.5) is 18.9 Å². The summed E-state index contributed by atoms with van der Waals surface area (Å²) >= 11 is 0.986. The first-order valence-electron chi connectivity index (χ1n) is 5.48. The number of hydrogen-bond donors (Lipinski definition) is 2. The number of aliphatic hydroxyl groups is 1. The van der Waals surface area contributed by atoms with Gasteiger partial charge in [0.15, 0.2) is 6.10 Å². The molecule has 1 aromatic carbocycles. The first-order valence-corrected chi connectivity index (χ1v) is 6.63. The highest BCUT2D eigenvalue weighted by Crippen LogP contribution is 2.24. The van der Waals surface area contributed by atoms with Crippen LogP contribution in [0.1, 0.15) is 12.5 Å². The second kappa shape index (κ2) is 6.81. The molecular formula is C12H14F3NO2S. The molecule has 0 aromatic heterocycles. The van der Waals surface area contributed by atoms with Gasteiger partial charge in [0.05, 0.1) is 0 Å². The SMILES string of the molecule is CC(=O)Nc1cccc(CSC[C@@H](O)C(F)(F)F)c1. The Bertz CT molecular complexity index is 437. The summed E-state index contributed by atoms with van der Waals surface area (Å²) in [6, 6.07) is 6.84. The highest BCUT2D eigenvalue weighted by Gasteiger charge is 2.37. The summed E-state index contributed by atoms with van der Waals surface area (Å²) in [5, 5.41) is 11.4. The lowest BCUT2D eigenvalue weighted by atomic mass is 10.2. The quantitative estimate of drug-likeness (QED) is 0.877. The van der Waals surface area contributed by atoms with E-state index in [1.807, 2.05) is 0 Å². The summed E-state index contributed by atoms with van der Waals surface area (Å²) in [6.07, 6.45) is -6.89. The van der Waals surface area contributed by atoms with Crippen LogP contribution in [0.25, 0.3) is 0 Å². The van der Waals surface area contributed by atoms with Crippen LogP contribution in [-0.2, 0) is 10.5 Å². The molecule has 7 heteroatoms. The molecule has 0 saturated heterocycles. The van der Waals surface area contributed by atoms with E-state index in [4.69, 9.17) is 5.11 Å². The Labute approximate surface area is 113 Å². The predicted molar refractivity (Wildman–Crippen MR) is 69.0 cm³/mol. The average molecular weight is 293 g/mol. The summed E-state index contributed by atoms with van der Waals surface area (Å²) in [5.41, 5.74) is 1.38. The van der Waals surface area contributed by atoms with Crippen LogP contribution in [0.15, 0.2) is 24.3 Å². The first-order chi connectivity index (χ1) is 8.79. The summed E-state index contributed by atoms with van der Waals surface area (Å²) in [5.74, 6) is -0.286. The van der Waals surface area contributed by atoms with E-state index in [1.54, 1.807) is 24.3 Å². The summed E-state index contributed by atoms with van der Waals surface area (Å²) in [6.45, 7) is 1.38. The van der Waals surface area contributed by atoms with E-state index in [2.05, 4.69) is 5.32 Å². The van der Waals surface area contributed by atoms with Crippen molar-refractivity contribution in [1.82, 2.24) is 0 Å². The van der Waals surface area contributed by atoms with Gasteiger partial charge in [-0.15, -0.1) is 0 Å².